The summed E-state index contributed by atoms with van der Waals surface area (Å²) in [7, 11) is 0. The Bertz CT molecular complexity index is 557. The number of aliphatic hydroxyl groups excluding tert-OH is 1. The first-order valence-electron chi connectivity index (χ1n) is 5.62. The first kappa shape index (κ1) is 16.9. The van der Waals surface area contributed by atoms with Crippen molar-refractivity contribution in [3.63, 3.8) is 0 Å². The van der Waals surface area contributed by atoms with E-state index in [2.05, 4.69) is 0 Å². The fourth-order valence-corrected chi connectivity index (χ4v) is 1.50. The number of alkyl halides is 3. The summed E-state index contributed by atoms with van der Waals surface area (Å²) in [5.74, 6) is -4.28. The predicted octanol–water partition coefficient (Wildman–Crippen LogP) is 1.41. The summed E-state index contributed by atoms with van der Waals surface area (Å²) in [4.78, 5) is 22.5. The number of rotatable bonds is 4. The highest BCUT2D eigenvalue weighted by atomic mass is 19.4. The third kappa shape index (κ3) is 4.15. The van der Waals surface area contributed by atoms with Gasteiger partial charge in [-0.25, -0.2) is 9.18 Å². The fourth-order valence-electron chi connectivity index (χ4n) is 1.50. The van der Waals surface area contributed by atoms with Crippen LogP contribution in [0.5, 0.6) is 0 Å². The van der Waals surface area contributed by atoms with E-state index in [0.717, 1.165) is 13.0 Å². The van der Waals surface area contributed by atoms with Crippen LogP contribution in [0, 0.1) is 5.82 Å². The Morgan fingerprint density at radius 2 is 1.86 bits per heavy atom. The Balaban J connectivity index is 3.06. The summed E-state index contributed by atoms with van der Waals surface area (Å²) in [6.07, 6.45) is -6.45. The summed E-state index contributed by atoms with van der Waals surface area (Å²) in [5, 5.41) is 19.8. The Morgan fingerprint density at radius 1 is 1.29 bits per heavy atom. The van der Waals surface area contributed by atoms with Crippen LogP contribution in [0.1, 0.15) is 22.8 Å². The molecule has 1 amide bonds. The van der Waals surface area contributed by atoms with Crippen molar-refractivity contribution >= 4 is 11.9 Å². The summed E-state index contributed by atoms with van der Waals surface area (Å²) in [5.41, 5.74) is -2.21. The minimum Gasteiger partial charge on any atom is -0.480 e. The summed E-state index contributed by atoms with van der Waals surface area (Å²) < 4.78 is 50.6. The number of hydrogen-bond acceptors (Lipinski definition) is 3. The van der Waals surface area contributed by atoms with Gasteiger partial charge in [0.05, 0.1) is 11.7 Å². The number of hydrogen-bond donors (Lipinski definition) is 3. The van der Waals surface area contributed by atoms with Gasteiger partial charge in [0, 0.05) is 5.56 Å². The molecule has 0 aromatic heterocycles. The van der Waals surface area contributed by atoms with Crippen LogP contribution in [-0.4, -0.2) is 34.2 Å². The van der Waals surface area contributed by atoms with E-state index in [-0.39, 0.29) is 6.07 Å². The molecule has 0 fully saturated rings. The van der Waals surface area contributed by atoms with Gasteiger partial charge >= 0.3 is 12.1 Å². The van der Waals surface area contributed by atoms with E-state index in [9.17, 15) is 32.3 Å². The zero-order valence-electron chi connectivity index (χ0n) is 10.6. The van der Waals surface area contributed by atoms with E-state index in [1.807, 2.05) is 5.32 Å². The van der Waals surface area contributed by atoms with Crippen LogP contribution in [0.4, 0.5) is 17.6 Å². The Kier molecular flexibility index (Phi) is 4.89. The van der Waals surface area contributed by atoms with E-state index >= 15 is 0 Å². The molecule has 0 aliphatic rings. The molecular formula is C12H11F4NO4. The lowest BCUT2D eigenvalue weighted by Gasteiger charge is -2.17. The van der Waals surface area contributed by atoms with Crippen LogP contribution in [0.3, 0.4) is 0 Å². The lowest BCUT2D eigenvalue weighted by Crippen LogP contribution is -2.47. The number of benzene rings is 1. The molecule has 2 atom stereocenters. The van der Waals surface area contributed by atoms with E-state index in [4.69, 9.17) is 5.11 Å². The summed E-state index contributed by atoms with van der Waals surface area (Å²) in [6, 6.07) is -0.195. The molecule has 0 aliphatic carbocycles. The molecule has 0 bridgehead atoms. The van der Waals surface area contributed by atoms with Gasteiger partial charge in [-0.2, -0.15) is 13.2 Å². The number of carbonyl (C=O) groups is 2. The third-order valence-electron chi connectivity index (χ3n) is 2.57. The van der Waals surface area contributed by atoms with Gasteiger partial charge in [0.1, 0.15) is 5.82 Å². The number of halogens is 4. The molecule has 116 valence electrons. The van der Waals surface area contributed by atoms with Crippen LogP contribution in [-0.2, 0) is 11.0 Å². The predicted molar refractivity (Wildman–Crippen MR) is 62.0 cm³/mol. The second-order valence-corrected chi connectivity index (χ2v) is 4.22. The molecule has 0 saturated carbocycles. The van der Waals surface area contributed by atoms with Crippen molar-refractivity contribution in [1.29, 1.82) is 0 Å². The van der Waals surface area contributed by atoms with Crippen molar-refractivity contribution in [3.8, 4) is 0 Å². The Labute approximate surface area is 116 Å². The van der Waals surface area contributed by atoms with Gasteiger partial charge < -0.3 is 15.5 Å². The second kappa shape index (κ2) is 6.08. The van der Waals surface area contributed by atoms with Gasteiger partial charge in [-0.3, -0.25) is 4.79 Å². The molecule has 5 nitrogen and oxygen atoms in total. The average Bonchev–Trinajstić information content (AvgIpc) is 2.33. The number of aliphatic carboxylic acids is 1. The smallest absolute Gasteiger partial charge is 0.419 e. The first-order chi connectivity index (χ1) is 9.54. The molecule has 0 heterocycles. The van der Waals surface area contributed by atoms with Gasteiger partial charge in [0.15, 0.2) is 6.04 Å². The zero-order chi connectivity index (χ0) is 16.4. The normalized spacial score (nSPS) is 14.4. The molecule has 1 aromatic rings. The van der Waals surface area contributed by atoms with Crippen LogP contribution in [0.25, 0.3) is 0 Å². The van der Waals surface area contributed by atoms with Crippen LogP contribution >= 0.6 is 0 Å². The van der Waals surface area contributed by atoms with Gasteiger partial charge in [0.2, 0.25) is 0 Å². The number of aliphatic hydroxyl groups is 1. The van der Waals surface area contributed by atoms with Crippen LogP contribution in [0.15, 0.2) is 18.2 Å². The van der Waals surface area contributed by atoms with Gasteiger partial charge in [-0.15, -0.1) is 0 Å². The highest BCUT2D eigenvalue weighted by Gasteiger charge is 2.35. The SMILES string of the molecule is CC(O)C(NC(=O)c1ccc(F)c(C(F)(F)F)c1)C(=O)O. The standard InChI is InChI=1S/C12H11F4NO4/c1-5(18)9(11(20)21)17-10(19)6-2-3-8(13)7(4-6)12(14,15)16/h2-5,9,18H,1H3,(H,17,19)(H,20,21). The molecule has 3 N–H and O–H groups in total. The molecule has 1 aromatic carbocycles. The lowest BCUT2D eigenvalue weighted by atomic mass is 10.1. The van der Waals surface area contributed by atoms with Crippen molar-refractivity contribution < 1.29 is 37.4 Å². The van der Waals surface area contributed by atoms with Crippen LogP contribution < -0.4 is 5.32 Å². The molecule has 0 saturated heterocycles. The number of carboxylic acids is 1. The second-order valence-electron chi connectivity index (χ2n) is 4.22. The molecule has 0 radical (unpaired) electrons. The third-order valence-corrected chi connectivity index (χ3v) is 2.57. The largest absolute Gasteiger partial charge is 0.480 e. The van der Waals surface area contributed by atoms with Gasteiger partial charge in [-0.1, -0.05) is 0 Å². The molecule has 21 heavy (non-hydrogen) atoms. The van der Waals surface area contributed by atoms with Crippen molar-refractivity contribution in [3.05, 3.63) is 35.1 Å². The lowest BCUT2D eigenvalue weighted by molar-refractivity contribution is -0.142. The van der Waals surface area contributed by atoms with Gasteiger partial charge in [-0.05, 0) is 25.1 Å². The number of nitrogens with one attached hydrogen (secondary N) is 1. The summed E-state index contributed by atoms with van der Waals surface area (Å²) in [6.45, 7) is 1.09. The summed E-state index contributed by atoms with van der Waals surface area (Å²) >= 11 is 0. The maximum atomic E-state index is 13.1. The molecular weight excluding hydrogens is 298 g/mol. The Morgan fingerprint density at radius 3 is 2.29 bits per heavy atom. The van der Waals surface area contributed by atoms with E-state index in [0.29, 0.717) is 6.07 Å². The fraction of sp³-hybridized carbons (Fsp3) is 0.333. The van der Waals surface area contributed by atoms with E-state index in [1.54, 1.807) is 0 Å². The molecule has 9 heteroatoms. The van der Waals surface area contributed by atoms with Crippen LogP contribution in [0.2, 0.25) is 0 Å². The number of amides is 1. The van der Waals surface area contributed by atoms with Crippen molar-refractivity contribution in [2.75, 3.05) is 0 Å². The van der Waals surface area contributed by atoms with Crippen molar-refractivity contribution in [1.82, 2.24) is 5.32 Å². The highest BCUT2D eigenvalue weighted by molar-refractivity contribution is 5.96. The topological polar surface area (TPSA) is 86.6 Å². The van der Waals surface area contributed by atoms with Crippen molar-refractivity contribution in [2.45, 2.75) is 25.2 Å². The van der Waals surface area contributed by atoms with Gasteiger partial charge in [0.25, 0.3) is 5.91 Å². The minimum absolute atomic E-state index is 0.269. The molecule has 2 unspecified atom stereocenters. The minimum atomic E-state index is -4.99. The van der Waals surface area contributed by atoms with E-state index < -0.39 is 47.1 Å². The highest BCUT2D eigenvalue weighted by Crippen LogP contribution is 2.31. The Hall–Kier alpha value is -2.16. The number of carbonyl (C=O) groups excluding carboxylic acids is 1. The first-order valence-corrected chi connectivity index (χ1v) is 5.62. The quantitative estimate of drug-likeness (QED) is 0.734. The average molecular weight is 309 g/mol. The number of carboxylic acid groups (broad SMARTS) is 1. The molecule has 0 aliphatic heterocycles. The maximum Gasteiger partial charge on any atom is 0.419 e. The van der Waals surface area contributed by atoms with Crippen molar-refractivity contribution in [2.24, 2.45) is 0 Å². The van der Waals surface area contributed by atoms with E-state index in [1.165, 1.54) is 0 Å². The zero-order valence-corrected chi connectivity index (χ0v) is 10.6. The molecule has 1 rings (SSSR count). The molecule has 0 spiro atoms. The monoisotopic (exact) mass is 309 g/mol. The maximum absolute atomic E-state index is 13.1.